The third-order valence-corrected chi connectivity index (χ3v) is 3.54. The Balaban J connectivity index is 0.00000180. The Morgan fingerprint density at radius 2 is 2.11 bits per heavy atom. The van der Waals surface area contributed by atoms with E-state index in [4.69, 9.17) is 5.11 Å². The number of carboxylic acid groups (broad SMARTS) is 1. The van der Waals surface area contributed by atoms with E-state index >= 15 is 0 Å². The lowest BCUT2D eigenvalue weighted by Crippen LogP contribution is -2.26. The Bertz CT molecular complexity index is 470. The molecule has 1 N–H and O–H groups in total. The zero-order valence-corrected chi connectivity index (χ0v) is 11.3. The Labute approximate surface area is 116 Å². The molecule has 1 fully saturated rings. The third kappa shape index (κ3) is 3.42. The lowest BCUT2D eigenvalue weighted by Gasteiger charge is -2.24. The second-order valence-electron chi connectivity index (χ2n) is 4.67. The molecule has 1 aliphatic rings. The minimum Gasteiger partial charge on any atom is -0.481 e. The summed E-state index contributed by atoms with van der Waals surface area (Å²) in [5, 5.41) is 8.93. The van der Waals surface area contributed by atoms with Crippen molar-refractivity contribution in [1.82, 2.24) is 4.90 Å². The molecule has 0 spiro atoms. The van der Waals surface area contributed by atoms with Gasteiger partial charge in [-0.15, -0.1) is 12.4 Å². The molecular weight excluding hydrogens is 276 g/mol. The average molecular weight is 292 g/mol. The summed E-state index contributed by atoms with van der Waals surface area (Å²) >= 11 is 0. The minimum absolute atomic E-state index is 0. The maximum absolute atomic E-state index is 13.1. The molecule has 0 aromatic heterocycles. The number of benzene rings is 1. The molecule has 2 atom stereocenters. The van der Waals surface area contributed by atoms with Gasteiger partial charge < -0.3 is 5.11 Å². The topological polar surface area (TPSA) is 40.5 Å². The van der Waals surface area contributed by atoms with E-state index in [1.807, 2.05) is 11.8 Å². The highest BCUT2D eigenvalue weighted by molar-refractivity contribution is 5.85. The zero-order chi connectivity index (χ0) is 13.3. The maximum Gasteiger partial charge on any atom is 0.307 e. The fourth-order valence-corrected chi connectivity index (χ4v) is 2.32. The summed E-state index contributed by atoms with van der Waals surface area (Å²) in [4.78, 5) is 12.8. The molecule has 1 heterocycles. The fraction of sp³-hybridized carbons (Fsp3) is 0.462. The van der Waals surface area contributed by atoms with Gasteiger partial charge in [-0.3, -0.25) is 9.69 Å². The SMILES string of the molecule is CC(c1ccc(F)c(F)c1)N1CCC(C(=O)O)C1.Cl. The lowest BCUT2D eigenvalue weighted by atomic mass is 10.1. The van der Waals surface area contributed by atoms with Gasteiger partial charge in [0.05, 0.1) is 5.92 Å². The van der Waals surface area contributed by atoms with Gasteiger partial charge in [0.25, 0.3) is 0 Å². The largest absolute Gasteiger partial charge is 0.481 e. The van der Waals surface area contributed by atoms with Crippen molar-refractivity contribution in [1.29, 1.82) is 0 Å². The Morgan fingerprint density at radius 1 is 1.42 bits per heavy atom. The minimum atomic E-state index is -0.867. The van der Waals surface area contributed by atoms with E-state index in [1.165, 1.54) is 12.1 Å². The van der Waals surface area contributed by atoms with Crippen molar-refractivity contribution in [2.24, 2.45) is 5.92 Å². The Morgan fingerprint density at radius 3 is 2.63 bits per heavy atom. The number of rotatable bonds is 3. The van der Waals surface area contributed by atoms with Crippen molar-refractivity contribution >= 4 is 18.4 Å². The second-order valence-corrected chi connectivity index (χ2v) is 4.67. The first-order chi connectivity index (χ1) is 8.49. The van der Waals surface area contributed by atoms with E-state index in [9.17, 15) is 13.6 Å². The first kappa shape index (κ1) is 15.9. The van der Waals surface area contributed by atoms with E-state index in [-0.39, 0.29) is 24.4 Å². The molecule has 19 heavy (non-hydrogen) atoms. The van der Waals surface area contributed by atoms with Gasteiger partial charge in [0.15, 0.2) is 11.6 Å². The molecule has 6 heteroatoms. The van der Waals surface area contributed by atoms with Crippen LogP contribution in [0.1, 0.15) is 24.9 Å². The quantitative estimate of drug-likeness (QED) is 0.931. The van der Waals surface area contributed by atoms with Crippen molar-refractivity contribution in [3.63, 3.8) is 0 Å². The first-order valence-corrected chi connectivity index (χ1v) is 5.91. The molecule has 1 aliphatic heterocycles. The zero-order valence-electron chi connectivity index (χ0n) is 10.5. The van der Waals surface area contributed by atoms with Crippen molar-refractivity contribution in [3.8, 4) is 0 Å². The Hall–Kier alpha value is -1.20. The van der Waals surface area contributed by atoms with Gasteiger partial charge in [0, 0.05) is 12.6 Å². The van der Waals surface area contributed by atoms with Crippen LogP contribution in [0.2, 0.25) is 0 Å². The second kappa shape index (κ2) is 6.30. The van der Waals surface area contributed by atoms with Crippen LogP contribution in [0.3, 0.4) is 0 Å². The van der Waals surface area contributed by atoms with Crippen LogP contribution in [-0.2, 0) is 4.79 Å². The normalized spacial score (nSPS) is 20.9. The van der Waals surface area contributed by atoms with E-state index in [1.54, 1.807) is 0 Å². The van der Waals surface area contributed by atoms with Gasteiger partial charge in [-0.1, -0.05) is 6.07 Å². The van der Waals surface area contributed by atoms with E-state index < -0.39 is 17.6 Å². The van der Waals surface area contributed by atoms with Gasteiger partial charge in [-0.2, -0.15) is 0 Å². The standard InChI is InChI=1S/C13H15F2NO2.ClH/c1-8(9-2-3-11(14)12(15)6-9)16-5-4-10(7-16)13(17)18;/h2-3,6,8,10H,4-5,7H2,1H3,(H,17,18);1H. The summed E-state index contributed by atoms with van der Waals surface area (Å²) in [5.74, 6) is -2.89. The highest BCUT2D eigenvalue weighted by Crippen LogP contribution is 2.28. The van der Waals surface area contributed by atoms with Crippen molar-refractivity contribution in [3.05, 3.63) is 35.4 Å². The summed E-state index contributed by atoms with van der Waals surface area (Å²) in [5.41, 5.74) is 0.667. The van der Waals surface area contributed by atoms with Gasteiger partial charge in [0.2, 0.25) is 0 Å². The number of carboxylic acids is 1. The van der Waals surface area contributed by atoms with Gasteiger partial charge in [-0.25, -0.2) is 8.78 Å². The summed E-state index contributed by atoms with van der Waals surface area (Å²) in [6.07, 6.45) is 0.601. The van der Waals surface area contributed by atoms with Crippen LogP contribution in [0.15, 0.2) is 18.2 Å². The number of hydrogen-bond acceptors (Lipinski definition) is 2. The monoisotopic (exact) mass is 291 g/mol. The molecule has 3 nitrogen and oxygen atoms in total. The summed E-state index contributed by atoms with van der Waals surface area (Å²) in [6, 6.07) is 3.71. The molecule has 1 saturated heterocycles. The van der Waals surface area contributed by atoms with Crippen molar-refractivity contribution in [2.75, 3.05) is 13.1 Å². The van der Waals surface area contributed by atoms with E-state index in [2.05, 4.69) is 0 Å². The molecule has 1 aromatic rings. The number of likely N-dealkylation sites (tertiary alicyclic amines) is 1. The van der Waals surface area contributed by atoms with E-state index in [0.717, 1.165) is 6.07 Å². The average Bonchev–Trinajstić information content (AvgIpc) is 2.81. The molecule has 0 amide bonds. The molecule has 0 radical (unpaired) electrons. The molecule has 0 bridgehead atoms. The number of nitrogens with zero attached hydrogens (tertiary/aromatic N) is 1. The summed E-state index contributed by atoms with van der Waals surface area (Å²) in [7, 11) is 0. The predicted octanol–water partition coefficient (Wildman–Crippen LogP) is 2.85. The molecular formula is C13H16ClF2NO2. The summed E-state index contributed by atoms with van der Waals surface area (Å²) in [6.45, 7) is 2.99. The smallest absolute Gasteiger partial charge is 0.307 e. The lowest BCUT2D eigenvalue weighted by molar-refractivity contribution is -0.141. The first-order valence-electron chi connectivity index (χ1n) is 5.91. The van der Waals surface area contributed by atoms with Crippen LogP contribution in [0.25, 0.3) is 0 Å². The number of aliphatic carboxylic acids is 1. The fourth-order valence-electron chi connectivity index (χ4n) is 2.32. The van der Waals surface area contributed by atoms with Crippen LogP contribution >= 0.6 is 12.4 Å². The van der Waals surface area contributed by atoms with Gasteiger partial charge in [-0.05, 0) is 37.6 Å². The van der Waals surface area contributed by atoms with Crippen LogP contribution in [-0.4, -0.2) is 29.1 Å². The number of hydrogen-bond donors (Lipinski definition) is 1. The van der Waals surface area contributed by atoms with Crippen LogP contribution < -0.4 is 0 Å². The predicted molar refractivity (Wildman–Crippen MR) is 69.3 cm³/mol. The number of carbonyl (C=O) groups is 1. The van der Waals surface area contributed by atoms with E-state index in [0.29, 0.717) is 25.1 Å². The van der Waals surface area contributed by atoms with Crippen molar-refractivity contribution in [2.45, 2.75) is 19.4 Å². The molecule has 0 aliphatic carbocycles. The molecule has 2 rings (SSSR count). The highest BCUT2D eigenvalue weighted by Gasteiger charge is 2.31. The van der Waals surface area contributed by atoms with Crippen LogP contribution in [0.4, 0.5) is 8.78 Å². The maximum atomic E-state index is 13.1. The Kier molecular flexibility index (Phi) is 5.26. The van der Waals surface area contributed by atoms with Gasteiger partial charge >= 0.3 is 5.97 Å². The highest BCUT2D eigenvalue weighted by atomic mass is 35.5. The van der Waals surface area contributed by atoms with Crippen molar-refractivity contribution < 1.29 is 18.7 Å². The van der Waals surface area contributed by atoms with Gasteiger partial charge in [0.1, 0.15) is 0 Å². The number of halogens is 3. The molecule has 2 unspecified atom stereocenters. The molecule has 0 saturated carbocycles. The van der Waals surface area contributed by atoms with Crippen LogP contribution in [0.5, 0.6) is 0 Å². The molecule has 106 valence electrons. The van der Waals surface area contributed by atoms with Crippen LogP contribution in [0, 0.1) is 17.6 Å². The third-order valence-electron chi connectivity index (χ3n) is 3.54. The molecule has 1 aromatic carbocycles. The summed E-state index contributed by atoms with van der Waals surface area (Å²) < 4.78 is 26.0.